The van der Waals surface area contributed by atoms with Gasteiger partial charge >= 0.3 is 6.18 Å². The molecule has 0 saturated carbocycles. The van der Waals surface area contributed by atoms with Crippen molar-refractivity contribution in [3.63, 3.8) is 0 Å². The Hall–Kier alpha value is -1.28. The van der Waals surface area contributed by atoms with Crippen molar-refractivity contribution in [3.05, 3.63) is 23.8 Å². The second-order valence-electron chi connectivity index (χ2n) is 2.72. The quantitative estimate of drug-likeness (QED) is 0.771. The van der Waals surface area contributed by atoms with E-state index >= 15 is 0 Å². The van der Waals surface area contributed by atoms with E-state index < -0.39 is 32.4 Å². The number of alkyl halides is 3. The van der Waals surface area contributed by atoms with Gasteiger partial charge in [0.25, 0.3) is 0 Å². The minimum Gasteiger partial charge on any atom is -0.508 e. The molecule has 0 aliphatic carbocycles. The number of primary sulfonamides is 1. The molecule has 1 aromatic rings. The Labute approximate surface area is 83.2 Å². The number of phenolic OH excluding ortho intramolecular Hbond substituents is 1. The Morgan fingerprint density at radius 3 is 2.20 bits per heavy atom. The van der Waals surface area contributed by atoms with E-state index in [1.807, 2.05) is 0 Å². The zero-order chi connectivity index (χ0) is 11.9. The van der Waals surface area contributed by atoms with Crippen LogP contribution in [0, 0.1) is 0 Å². The number of nitrogens with two attached hydrogens (primary N) is 1. The predicted molar refractivity (Wildman–Crippen MR) is 44.5 cm³/mol. The first-order chi connectivity index (χ1) is 6.62. The molecule has 0 aliphatic heterocycles. The van der Waals surface area contributed by atoms with E-state index in [9.17, 15) is 21.6 Å². The number of hydrogen-bond donors (Lipinski definition) is 2. The molecular formula is C7H6F3NO3S. The second-order valence-corrected chi connectivity index (χ2v) is 4.25. The molecule has 0 radical (unpaired) electrons. The largest absolute Gasteiger partial charge is 0.508 e. The van der Waals surface area contributed by atoms with Crippen LogP contribution in [0.15, 0.2) is 23.1 Å². The van der Waals surface area contributed by atoms with Crippen LogP contribution in [-0.4, -0.2) is 13.5 Å². The highest BCUT2D eigenvalue weighted by molar-refractivity contribution is 7.89. The molecule has 3 N–H and O–H groups in total. The van der Waals surface area contributed by atoms with Crippen molar-refractivity contribution in [1.29, 1.82) is 0 Å². The number of rotatable bonds is 1. The molecule has 84 valence electrons. The first-order valence-electron chi connectivity index (χ1n) is 3.55. The highest BCUT2D eigenvalue weighted by Gasteiger charge is 2.36. The second kappa shape index (κ2) is 3.38. The summed E-state index contributed by atoms with van der Waals surface area (Å²) in [5.41, 5.74) is -1.48. The minimum absolute atomic E-state index is 0.305. The zero-order valence-corrected chi connectivity index (χ0v) is 7.93. The van der Waals surface area contributed by atoms with Gasteiger partial charge < -0.3 is 5.11 Å². The average Bonchev–Trinajstić information content (AvgIpc) is 2.00. The van der Waals surface area contributed by atoms with Gasteiger partial charge in [-0.25, -0.2) is 13.6 Å². The SMILES string of the molecule is NS(=O)(=O)c1ccc(O)cc1C(F)(F)F. The van der Waals surface area contributed by atoms with E-state index in [4.69, 9.17) is 5.11 Å². The van der Waals surface area contributed by atoms with Gasteiger partial charge in [-0.3, -0.25) is 0 Å². The van der Waals surface area contributed by atoms with Crippen LogP contribution in [0.1, 0.15) is 5.56 Å². The topological polar surface area (TPSA) is 80.4 Å². The van der Waals surface area contributed by atoms with E-state index in [1.54, 1.807) is 0 Å². The molecule has 0 amide bonds. The van der Waals surface area contributed by atoms with E-state index in [1.165, 1.54) is 0 Å². The lowest BCUT2D eigenvalue weighted by Gasteiger charge is -2.11. The van der Waals surface area contributed by atoms with Crippen molar-refractivity contribution in [2.24, 2.45) is 5.14 Å². The first kappa shape index (κ1) is 11.8. The van der Waals surface area contributed by atoms with Crippen molar-refractivity contribution < 1.29 is 26.7 Å². The van der Waals surface area contributed by atoms with E-state index in [0.29, 0.717) is 12.1 Å². The van der Waals surface area contributed by atoms with Gasteiger partial charge in [-0.1, -0.05) is 0 Å². The van der Waals surface area contributed by atoms with Gasteiger partial charge in [0.15, 0.2) is 0 Å². The molecule has 0 spiro atoms. The van der Waals surface area contributed by atoms with Crippen LogP contribution >= 0.6 is 0 Å². The molecule has 0 heterocycles. The molecule has 0 aromatic heterocycles. The molecule has 1 aromatic carbocycles. The van der Waals surface area contributed by atoms with Gasteiger partial charge in [0, 0.05) is 0 Å². The van der Waals surface area contributed by atoms with Gasteiger partial charge in [-0.05, 0) is 18.2 Å². The summed E-state index contributed by atoms with van der Waals surface area (Å²) < 4.78 is 58.6. The molecule has 0 saturated heterocycles. The number of aromatic hydroxyl groups is 1. The maximum absolute atomic E-state index is 12.3. The molecule has 0 bridgehead atoms. The molecule has 15 heavy (non-hydrogen) atoms. The van der Waals surface area contributed by atoms with Crippen LogP contribution in [-0.2, 0) is 16.2 Å². The normalized spacial score (nSPS) is 12.8. The van der Waals surface area contributed by atoms with Crippen LogP contribution in [0.25, 0.3) is 0 Å². The molecule has 0 atom stereocenters. The lowest BCUT2D eigenvalue weighted by atomic mass is 10.2. The summed E-state index contributed by atoms with van der Waals surface area (Å²) in [5.74, 6) is -0.685. The molecule has 0 aliphatic rings. The predicted octanol–water partition coefficient (Wildman–Crippen LogP) is 1.06. The fraction of sp³-hybridized carbons (Fsp3) is 0.143. The molecule has 8 heteroatoms. The van der Waals surface area contributed by atoms with Crippen molar-refractivity contribution in [2.75, 3.05) is 0 Å². The highest BCUT2D eigenvalue weighted by Crippen LogP contribution is 2.35. The van der Waals surface area contributed by atoms with Gasteiger partial charge in [0.05, 0.1) is 10.5 Å². The molecule has 4 nitrogen and oxygen atoms in total. The van der Waals surface area contributed by atoms with E-state index in [0.717, 1.165) is 6.07 Å². The Balaban J connectivity index is 3.55. The van der Waals surface area contributed by atoms with Gasteiger partial charge in [0.1, 0.15) is 5.75 Å². The fourth-order valence-corrected chi connectivity index (χ4v) is 1.73. The summed E-state index contributed by atoms with van der Waals surface area (Å²) >= 11 is 0. The number of sulfonamides is 1. The van der Waals surface area contributed by atoms with Gasteiger partial charge in [-0.2, -0.15) is 13.2 Å². The van der Waals surface area contributed by atoms with Crippen LogP contribution < -0.4 is 5.14 Å². The number of phenols is 1. The third kappa shape index (κ3) is 2.60. The summed E-state index contributed by atoms with van der Waals surface area (Å²) in [7, 11) is -4.46. The summed E-state index contributed by atoms with van der Waals surface area (Å²) in [4.78, 5) is -1.06. The number of hydrogen-bond acceptors (Lipinski definition) is 3. The van der Waals surface area contributed by atoms with E-state index in [2.05, 4.69) is 5.14 Å². The minimum atomic E-state index is -4.89. The van der Waals surface area contributed by atoms with Crippen molar-refractivity contribution >= 4 is 10.0 Å². The monoisotopic (exact) mass is 241 g/mol. The van der Waals surface area contributed by atoms with Crippen molar-refractivity contribution in [2.45, 2.75) is 11.1 Å². The van der Waals surface area contributed by atoms with Crippen LogP contribution in [0.5, 0.6) is 5.75 Å². The summed E-state index contributed by atoms with van der Waals surface area (Å²) in [6.45, 7) is 0. The third-order valence-electron chi connectivity index (χ3n) is 1.58. The lowest BCUT2D eigenvalue weighted by molar-refractivity contribution is -0.140. The average molecular weight is 241 g/mol. The first-order valence-corrected chi connectivity index (χ1v) is 5.10. The third-order valence-corrected chi connectivity index (χ3v) is 2.54. The Kier molecular flexibility index (Phi) is 2.66. The standard InChI is InChI=1S/C7H6F3NO3S/c8-7(9,10)5-3-4(12)1-2-6(5)15(11,13)14/h1-3,12H,(H2,11,13,14). The maximum atomic E-state index is 12.3. The zero-order valence-electron chi connectivity index (χ0n) is 7.12. The van der Waals surface area contributed by atoms with E-state index in [-0.39, 0.29) is 0 Å². The van der Waals surface area contributed by atoms with Gasteiger partial charge in [-0.15, -0.1) is 0 Å². The smallest absolute Gasteiger partial charge is 0.417 e. The summed E-state index contributed by atoms with van der Waals surface area (Å²) in [6, 6.07) is 1.72. The van der Waals surface area contributed by atoms with Gasteiger partial charge in [0.2, 0.25) is 10.0 Å². The maximum Gasteiger partial charge on any atom is 0.417 e. The molecular weight excluding hydrogens is 235 g/mol. The summed E-state index contributed by atoms with van der Waals surface area (Å²) in [5, 5.41) is 13.4. The fourth-order valence-electron chi connectivity index (χ4n) is 0.988. The van der Waals surface area contributed by atoms with Crippen LogP contribution in [0.2, 0.25) is 0 Å². The number of halogens is 3. The number of benzene rings is 1. The summed E-state index contributed by atoms with van der Waals surface area (Å²) in [6.07, 6.45) is -4.89. The Bertz CT molecular complexity index is 481. The highest BCUT2D eigenvalue weighted by atomic mass is 32.2. The van der Waals surface area contributed by atoms with Crippen LogP contribution in [0.3, 0.4) is 0 Å². The Morgan fingerprint density at radius 2 is 1.80 bits per heavy atom. The Morgan fingerprint density at radius 1 is 1.27 bits per heavy atom. The van der Waals surface area contributed by atoms with Crippen LogP contribution in [0.4, 0.5) is 13.2 Å². The molecule has 1 rings (SSSR count). The molecule has 0 unspecified atom stereocenters. The molecule has 0 fully saturated rings. The van der Waals surface area contributed by atoms with Crippen molar-refractivity contribution in [3.8, 4) is 5.75 Å². The lowest BCUT2D eigenvalue weighted by Crippen LogP contribution is -2.18. The van der Waals surface area contributed by atoms with Crippen molar-refractivity contribution in [1.82, 2.24) is 0 Å².